The van der Waals surface area contributed by atoms with Gasteiger partial charge in [-0.25, -0.2) is 9.59 Å². The van der Waals surface area contributed by atoms with Gasteiger partial charge in [0.1, 0.15) is 18.2 Å². The van der Waals surface area contributed by atoms with E-state index in [1.807, 2.05) is 36.4 Å². The van der Waals surface area contributed by atoms with E-state index in [-0.39, 0.29) is 12.5 Å². The van der Waals surface area contributed by atoms with Crippen LogP contribution in [0.4, 0.5) is 4.79 Å². The number of hydrogen-bond donors (Lipinski definition) is 3. The second-order valence-corrected chi connectivity index (χ2v) is 9.33. The summed E-state index contributed by atoms with van der Waals surface area (Å²) < 4.78 is 10.9. The third-order valence-corrected chi connectivity index (χ3v) is 7.22. The van der Waals surface area contributed by atoms with Gasteiger partial charge in [-0.2, -0.15) is 0 Å². The molecule has 8 heteroatoms. The third-order valence-electron chi connectivity index (χ3n) is 7.22. The van der Waals surface area contributed by atoms with Crippen LogP contribution in [0, 0.1) is 0 Å². The summed E-state index contributed by atoms with van der Waals surface area (Å²) in [6.45, 7) is 1.75. The van der Waals surface area contributed by atoms with E-state index in [9.17, 15) is 19.5 Å². The second kappa shape index (κ2) is 10.5. The van der Waals surface area contributed by atoms with E-state index in [1.165, 1.54) is 7.11 Å². The number of amides is 2. The molecule has 0 aromatic heterocycles. The number of carbonyl (C=O) groups excluding carboxylic acids is 2. The number of hydrogen-bond acceptors (Lipinski definition) is 5. The van der Waals surface area contributed by atoms with E-state index in [2.05, 4.69) is 22.8 Å². The number of ether oxygens (including phenoxy) is 2. The van der Waals surface area contributed by atoms with Crippen molar-refractivity contribution >= 4 is 18.0 Å². The highest BCUT2D eigenvalue weighted by Crippen LogP contribution is 2.44. The Morgan fingerprint density at radius 3 is 2.11 bits per heavy atom. The van der Waals surface area contributed by atoms with E-state index in [0.717, 1.165) is 41.5 Å². The summed E-state index contributed by atoms with van der Waals surface area (Å²) in [7, 11) is 1.43. The van der Waals surface area contributed by atoms with Gasteiger partial charge in [-0.15, -0.1) is 0 Å². The summed E-state index contributed by atoms with van der Waals surface area (Å²) in [6, 6.07) is 14.9. The fraction of sp³-hybridized carbons (Fsp3) is 0.444. The summed E-state index contributed by atoms with van der Waals surface area (Å²) in [5.74, 6) is -1.77. The highest BCUT2D eigenvalue weighted by molar-refractivity contribution is 5.91. The molecule has 8 nitrogen and oxygen atoms in total. The number of methoxy groups -OCH3 is 1. The van der Waals surface area contributed by atoms with Gasteiger partial charge in [0.15, 0.2) is 0 Å². The largest absolute Gasteiger partial charge is 0.480 e. The summed E-state index contributed by atoms with van der Waals surface area (Å²) >= 11 is 0. The summed E-state index contributed by atoms with van der Waals surface area (Å²) in [6.07, 6.45) is 1.63. The number of carbonyl (C=O) groups is 3. The van der Waals surface area contributed by atoms with Crippen LogP contribution in [0.3, 0.4) is 0 Å². The van der Waals surface area contributed by atoms with Crippen molar-refractivity contribution in [1.82, 2.24) is 10.6 Å². The van der Waals surface area contributed by atoms with E-state index in [1.54, 1.807) is 6.92 Å². The fourth-order valence-corrected chi connectivity index (χ4v) is 5.16. The molecule has 0 aliphatic heterocycles. The van der Waals surface area contributed by atoms with Crippen molar-refractivity contribution < 1.29 is 29.0 Å². The Labute approximate surface area is 205 Å². The maximum absolute atomic E-state index is 13.1. The number of benzene rings is 2. The van der Waals surface area contributed by atoms with Crippen LogP contribution < -0.4 is 10.6 Å². The standard InChI is InChI=1S/C27H32N2O6/c1-17(34-2)23(24(30)29-27(25(31)32)14-8-3-9-15-27)28-26(33)35-16-22-20-12-6-4-10-18(20)19-11-5-7-13-21(19)22/h4-7,10-13,17,22-23H,3,8-9,14-16H2,1-2H3,(H,28,33)(H,29,30)(H,31,32)/t17-,23+/m1/s1. The number of aliphatic carboxylic acids is 1. The minimum atomic E-state index is -1.33. The van der Waals surface area contributed by atoms with Crippen LogP contribution in [-0.2, 0) is 19.1 Å². The summed E-state index contributed by atoms with van der Waals surface area (Å²) in [4.78, 5) is 37.9. The molecule has 35 heavy (non-hydrogen) atoms. The van der Waals surface area contributed by atoms with Gasteiger partial charge in [0.2, 0.25) is 5.91 Å². The van der Waals surface area contributed by atoms with Crippen LogP contribution in [0.2, 0.25) is 0 Å². The van der Waals surface area contributed by atoms with Crippen molar-refractivity contribution in [2.75, 3.05) is 13.7 Å². The Kier molecular flexibility index (Phi) is 7.40. The zero-order valence-electron chi connectivity index (χ0n) is 20.1. The molecule has 0 radical (unpaired) electrons. The van der Waals surface area contributed by atoms with Gasteiger partial charge in [-0.3, -0.25) is 4.79 Å². The smallest absolute Gasteiger partial charge is 0.407 e. The first-order valence-electron chi connectivity index (χ1n) is 12.1. The quantitative estimate of drug-likeness (QED) is 0.529. The van der Waals surface area contributed by atoms with E-state index in [0.29, 0.717) is 12.8 Å². The minimum absolute atomic E-state index is 0.106. The van der Waals surface area contributed by atoms with Crippen LogP contribution >= 0.6 is 0 Å². The van der Waals surface area contributed by atoms with Crippen molar-refractivity contribution in [3.63, 3.8) is 0 Å². The molecule has 3 N–H and O–H groups in total. The zero-order chi connectivity index (χ0) is 25.0. The Morgan fingerprint density at radius 2 is 1.57 bits per heavy atom. The minimum Gasteiger partial charge on any atom is -0.480 e. The highest BCUT2D eigenvalue weighted by atomic mass is 16.5. The van der Waals surface area contributed by atoms with Crippen molar-refractivity contribution in [3.8, 4) is 11.1 Å². The van der Waals surface area contributed by atoms with Crippen LogP contribution in [0.5, 0.6) is 0 Å². The first-order chi connectivity index (χ1) is 16.9. The number of fused-ring (bicyclic) bond motifs is 3. The van der Waals surface area contributed by atoms with Gasteiger partial charge in [0.05, 0.1) is 6.10 Å². The molecular formula is C27H32N2O6. The lowest BCUT2D eigenvalue weighted by molar-refractivity contribution is -0.150. The molecule has 186 valence electrons. The number of nitrogens with one attached hydrogen (secondary N) is 2. The molecule has 2 amide bonds. The van der Waals surface area contributed by atoms with Crippen molar-refractivity contribution in [1.29, 1.82) is 0 Å². The van der Waals surface area contributed by atoms with Gasteiger partial charge >= 0.3 is 12.1 Å². The van der Waals surface area contributed by atoms with Gasteiger partial charge < -0.3 is 25.2 Å². The maximum atomic E-state index is 13.1. The predicted molar refractivity (Wildman–Crippen MR) is 130 cm³/mol. The molecule has 0 unspecified atom stereocenters. The Balaban J connectivity index is 1.44. The molecule has 0 spiro atoms. The molecule has 1 saturated carbocycles. The SMILES string of the molecule is CO[C@H](C)[C@H](NC(=O)OCC1c2ccccc2-c2ccccc21)C(=O)NC1(C(=O)O)CCCCC1. The summed E-state index contributed by atoms with van der Waals surface area (Å²) in [5, 5.41) is 15.1. The number of rotatable bonds is 8. The molecule has 0 saturated heterocycles. The van der Waals surface area contributed by atoms with E-state index < -0.39 is 35.7 Å². The fourth-order valence-electron chi connectivity index (χ4n) is 5.16. The Bertz CT molecular complexity index is 1050. The topological polar surface area (TPSA) is 114 Å². The Hall–Kier alpha value is -3.39. The molecule has 0 bridgehead atoms. The maximum Gasteiger partial charge on any atom is 0.407 e. The first kappa shape index (κ1) is 24.7. The number of alkyl carbamates (subject to hydrolysis) is 1. The lowest BCUT2D eigenvalue weighted by Crippen LogP contribution is -2.62. The third kappa shape index (κ3) is 5.03. The van der Waals surface area contributed by atoms with Gasteiger partial charge in [0, 0.05) is 13.0 Å². The molecule has 4 rings (SSSR count). The van der Waals surface area contributed by atoms with Crippen molar-refractivity contribution in [2.45, 2.75) is 62.6 Å². The summed E-state index contributed by atoms with van der Waals surface area (Å²) in [5.41, 5.74) is 3.08. The van der Waals surface area contributed by atoms with Crippen molar-refractivity contribution in [2.24, 2.45) is 0 Å². The lowest BCUT2D eigenvalue weighted by Gasteiger charge is -2.36. The number of carboxylic acids is 1. The van der Waals surface area contributed by atoms with Gasteiger partial charge in [-0.05, 0) is 42.0 Å². The normalized spacial score (nSPS) is 18.0. The molecule has 2 aromatic carbocycles. The Morgan fingerprint density at radius 1 is 1.00 bits per heavy atom. The molecule has 1 fully saturated rings. The molecule has 2 atom stereocenters. The molecular weight excluding hydrogens is 448 g/mol. The molecule has 2 aliphatic carbocycles. The average molecular weight is 481 g/mol. The van der Waals surface area contributed by atoms with Gasteiger partial charge in [-0.1, -0.05) is 67.8 Å². The number of carboxylic acid groups (broad SMARTS) is 1. The van der Waals surface area contributed by atoms with E-state index in [4.69, 9.17) is 9.47 Å². The predicted octanol–water partition coefficient (Wildman–Crippen LogP) is 3.83. The van der Waals surface area contributed by atoms with Crippen LogP contribution in [0.25, 0.3) is 11.1 Å². The van der Waals surface area contributed by atoms with Crippen LogP contribution in [0.1, 0.15) is 56.1 Å². The highest BCUT2D eigenvalue weighted by Gasteiger charge is 2.43. The van der Waals surface area contributed by atoms with E-state index >= 15 is 0 Å². The average Bonchev–Trinajstić information content (AvgIpc) is 3.19. The second-order valence-electron chi connectivity index (χ2n) is 9.33. The molecule has 2 aliphatic rings. The molecule has 0 heterocycles. The molecule has 2 aromatic rings. The van der Waals surface area contributed by atoms with Crippen molar-refractivity contribution in [3.05, 3.63) is 59.7 Å². The first-order valence-corrected chi connectivity index (χ1v) is 12.1. The zero-order valence-corrected chi connectivity index (χ0v) is 20.1. The van der Waals surface area contributed by atoms with Crippen LogP contribution in [0.15, 0.2) is 48.5 Å². The van der Waals surface area contributed by atoms with Crippen LogP contribution in [-0.4, -0.2) is 54.5 Å². The monoisotopic (exact) mass is 480 g/mol. The lowest BCUT2D eigenvalue weighted by atomic mass is 9.81. The van der Waals surface area contributed by atoms with Gasteiger partial charge in [0.25, 0.3) is 0 Å².